The molecule has 0 spiro atoms. The Kier molecular flexibility index (Phi) is 5.22. The van der Waals surface area contributed by atoms with Crippen molar-refractivity contribution < 1.29 is 9.53 Å². The fourth-order valence-corrected chi connectivity index (χ4v) is 2.57. The molecule has 1 aromatic heterocycles. The monoisotopic (exact) mass is 327 g/mol. The van der Waals surface area contributed by atoms with Gasteiger partial charge in [-0.2, -0.15) is 0 Å². The fraction of sp³-hybridized carbons (Fsp3) is 0.353. The van der Waals surface area contributed by atoms with Crippen molar-refractivity contribution in [2.24, 2.45) is 5.73 Å². The normalized spacial score (nSPS) is 14.5. The first-order valence-corrected chi connectivity index (χ1v) is 7.98. The topological polar surface area (TPSA) is 84.6 Å². The van der Waals surface area contributed by atoms with Crippen molar-refractivity contribution in [1.29, 1.82) is 0 Å². The first-order valence-electron chi connectivity index (χ1n) is 7.98. The van der Waals surface area contributed by atoms with Crippen molar-refractivity contribution in [3.05, 3.63) is 48.3 Å². The third kappa shape index (κ3) is 3.99. The molecule has 0 bridgehead atoms. The molecule has 24 heavy (non-hydrogen) atoms. The van der Waals surface area contributed by atoms with Crippen LogP contribution >= 0.6 is 0 Å². The molecule has 126 valence electrons. The predicted molar refractivity (Wildman–Crippen MR) is 90.7 cm³/mol. The number of anilines is 1. The Bertz CT molecular complexity index is 654. The number of benzene rings is 1. The maximum atomic E-state index is 11.6. The molecule has 0 saturated carbocycles. The van der Waals surface area contributed by atoms with Gasteiger partial charge in [-0.3, -0.25) is 4.79 Å². The van der Waals surface area contributed by atoms with E-state index in [1.165, 1.54) is 0 Å². The van der Waals surface area contributed by atoms with Crippen molar-refractivity contribution in [2.45, 2.75) is 6.61 Å². The second-order valence-corrected chi connectivity index (χ2v) is 5.56. The molecular weight excluding hydrogens is 306 g/mol. The summed E-state index contributed by atoms with van der Waals surface area (Å²) in [5.74, 6) is 1.28. The number of carbonyl (C=O) groups excluding carboxylic acids is 1. The summed E-state index contributed by atoms with van der Waals surface area (Å²) >= 11 is 0. The van der Waals surface area contributed by atoms with E-state index in [0.717, 1.165) is 5.56 Å². The Balaban J connectivity index is 1.52. The lowest BCUT2D eigenvalue weighted by atomic mass is 10.2. The zero-order valence-corrected chi connectivity index (χ0v) is 13.5. The minimum Gasteiger partial charge on any atom is -0.486 e. The van der Waals surface area contributed by atoms with Gasteiger partial charge < -0.3 is 20.3 Å². The van der Waals surface area contributed by atoms with E-state index in [-0.39, 0.29) is 12.5 Å². The van der Waals surface area contributed by atoms with Gasteiger partial charge in [0.2, 0.25) is 11.9 Å². The van der Waals surface area contributed by atoms with Crippen LogP contribution in [0.15, 0.2) is 42.7 Å². The third-order valence-electron chi connectivity index (χ3n) is 3.95. The molecule has 1 aromatic carbocycles. The molecule has 1 saturated heterocycles. The van der Waals surface area contributed by atoms with Gasteiger partial charge in [0.05, 0.1) is 18.9 Å². The highest BCUT2D eigenvalue weighted by Gasteiger charge is 2.21. The van der Waals surface area contributed by atoms with E-state index in [2.05, 4.69) is 14.9 Å². The smallest absolute Gasteiger partial charge is 0.236 e. The summed E-state index contributed by atoms with van der Waals surface area (Å²) in [4.78, 5) is 24.1. The average Bonchev–Trinajstić information content (AvgIpc) is 2.67. The number of carbonyl (C=O) groups is 1. The van der Waals surface area contributed by atoms with Crippen LogP contribution in [0.5, 0.6) is 5.75 Å². The lowest BCUT2D eigenvalue weighted by molar-refractivity contribution is -0.129. The summed E-state index contributed by atoms with van der Waals surface area (Å²) in [5.41, 5.74) is 6.49. The second-order valence-electron chi connectivity index (χ2n) is 5.56. The minimum atomic E-state index is -0.0137. The molecule has 2 N–H and O–H groups in total. The molecule has 1 aliphatic rings. The molecule has 1 aliphatic heterocycles. The van der Waals surface area contributed by atoms with Crippen LogP contribution in [0.25, 0.3) is 0 Å². The molecule has 2 aromatic rings. The van der Waals surface area contributed by atoms with Gasteiger partial charge in [0.1, 0.15) is 6.61 Å². The minimum absolute atomic E-state index is 0.0137. The van der Waals surface area contributed by atoms with Gasteiger partial charge in [0.25, 0.3) is 0 Å². The van der Waals surface area contributed by atoms with Crippen molar-refractivity contribution >= 4 is 11.9 Å². The van der Waals surface area contributed by atoms with Gasteiger partial charge in [-0.25, -0.2) is 9.97 Å². The van der Waals surface area contributed by atoms with E-state index in [1.54, 1.807) is 17.3 Å². The van der Waals surface area contributed by atoms with Crippen molar-refractivity contribution in [3.63, 3.8) is 0 Å². The number of rotatable bonds is 5. The summed E-state index contributed by atoms with van der Waals surface area (Å²) in [5, 5.41) is 0. The second kappa shape index (κ2) is 7.74. The molecule has 7 heteroatoms. The number of aromatic nitrogens is 2. The van der Waals surface area contributed by atoms with Crippen molar-refractivity contribution in [2.75, 3.05) is 37.6 Å². The first kappa shape index (κ1) is 16.2. The van der Waals surface area contributed by atoms with E-state index in [9.17, 15) is 4.79 Å². The van der Waals surface area contributed by atoms with Gasteiger partial charge in [-0.15, -0.1) is 0 Å². The van der Waals surface area contributed by atoms with Crippen LogP contribution in [0, 0.1) is 0 Å². The number of ether oxygens (including phenoxy) is 1. The number of hydrogen-bond donors (Lipinski definition) is 1. The predicted octanol–water partition coefficient (Wildman–Crippen LogP) is 0.663. The quantitative estimate of drug-likeness (QED) is 0.868. The highest BCUT2D eigenvalue weighted by atomic mass is 16.5. The number of hydrogen-bond acceptors (Lipinski definition) is 6. The van der Waals surface area contributed by atoms with E-state index in [0.29, 0.717) is 44.5 Å². The van der Waals surface area contributed by atoms with Gasteiger partial charge >= 0.3 is 0 Å². The van der Waals surface area contributed by atoms with Crippen LogP contribution in [0.4, 0.5) is 5.95 Å². The van der Waals surface area contributed by atoms with Gasteiger partial charge in [-0.1, -0.05) is 30.3 Å². The summed E-state index contributed by atoms with van der Waals surface area (Å²) < 4.78 is 5.69. The zero-order chi connectivity index (χ0) is 16.8. The standard InChI is InChI=1S/C17H21N5O2/c18-10-16(23)21-6-8-22(9-7-21)17-19-11-15(12-20-17)24-13-14-4-2-1-3-5-14/h1-5,11-12H,6-10,13,18H2. The number of nitrogens with two attached hydrogens (primary N) is 1. The van der Waals surface area contributed by atoms with Crippen molar-refractivity contribution in [1.82, 2.24) is 14.9 Å². The van der Waals surface area contributed by atoms with Crippen LogP contribution in [-0.4, -0.2) is 53.5 Å². The van der Waals surface area contributed by atoms with Gasteiger partial charge in [-0.05, 0) is 5.56 Å². The lowest BCUT2D eigenvalue weighted by Gasteiger charge is -2.34. The first-order chi connectivity index (χ1) is 11.8. The van der Waals surface area contributed by atoms with Crippen LogP contribution in [0.2, 0.25) is 0 Å². The van der Waals surface area contributed by atoms with Crippen LogP contribution in [0.3, 0.4) is 0 Å². The van der Waals surface area contributed by atoms with Crippen LogP contribution in [-0.2, 0) is 11.4 Å². The van der Waals surface area contributed by atoms with E-state index < -0.39 is 0 Å². The Morgan fingerprint density at radius 2 is 1.75 bits per heavy atom. The SMILES string of the molecule is NCC(=O)N1CCN(c2ncc(OCc3ccccc3)cn2)CC1. The van der Waals surface area contributed by atoms with Crippen molar-refractivity contribution in [3.8, 4) is 5.75 Å². The largest absolute Gasteiger partial charge is 0.486 e. The highest BCUT2D eigenvalue weighted by molar-refractivity contribution is 5.78. The summed E-state index contributed by atoms with van der Waals surface area (Å²) in [7, 11) is 0. The average molecular weight is 327 g/mol. The van der Waals surface area contributed by atoms with E-state index in [1.807, 2.05) is 30.3 Å². The molecule has 0 radical (unpaired) electrons. The molecular formula is C17H21N5O2. The Hall–Kier alpha value is -2.67. The van der Waals surface area contributed by atoms with Crippen LogP contribution < -0.4 is 15.4 Å². The Morgan fingerprint density at radius 3 is 2.38 bits per heavy atom. The Labute approximate surface area is 141 Å². The molecule has 7 nitrogen and oxygen atoms in total. The molecule has 0 unspecified atom stereocenters. The maximum absolute atomic E-state index is 11.6. The molecule has 0 aliphatic carbocycles. The summed E-state index contributed by atoms with van der Waals surface area (Å²) in [6.45, 7) is 3.25. The van der Waals surface area contributed by atoms with E-state index >= 15 is 0 Å². The molecule has 0 atom stereocenters. The highest BCUT2D eigenvalue weighted by Crippen LogP contribution is 2.15. The fourth-order valence-electron chi connectivity index (χ4n) is 2.57. The van der Waals surface area contributed by atoms with E-state index in [4.69, 9.17) is 10.5 Å². The number of amides is 1. The van der Waals surface area contributed by atoms with Gasteiger partial charge in [0.15, 0.2) is 5.75 Å². The zero-order valence-electron chi connectivity index (χ0n) is 13.5. The lowest BCUT2D eigenvalue weighted by Crippen LogP contribution is -2.50. The Morgan fingerprint density at radius 1 is 1.08 bits per heavy atom. The molecule has 2 heterocycles. The third-order valence-corrected chi connectivity index (χ3v) is 3.95. The van der Waals surface area contributed by atoms with Crippen LogP contribution in [0.1, 0.15) is 5.56 Å². The van der Waals surface area contributed by atoms with Gasteiger partial charge in [0, 0.05) is 26.2 Å². The molecule has 1 fully saturated rings. The number of nitrogens with zero attached hydrogens (tertiary/aromatic N) is 4. The summed E-state index contributed by atoms with van der Waals surface area (Å²) in [6.07, 6.45) is 3.37. The maximum Gasteiger partial charge on any atom is 0.236 e. The molecule has 3 rings (SSSR count). The summed E-state index contributed by atoms with van der Waals surface area (Å²) in [6, 6.07) is 9.96. The molecule has 1 amide bonds. The number of piperazine rings is 1.